The first-order valence-corrected chi connectivity index (χ1v) is 9.14. The highest BCUT2D eigenvalue weighted by Crippen LogP contribution is 2.28. The highest BCUT2D eigenvalue weighted by atomic mass is 16.3. The van der Waals surface area contributed by atoms with Crippen LogP contribution in [0.5, 0.6) is 5.75 Å². The van der Waals surface area contributed by atoms with Crippen LogP contribution in [0.1, 0.15) is 27.2 Å². The molecule has 6 nitrogen and oxygen atoms in total. The van der Waals surface area contributed by atoms with Gasteiger partial charge in [0.1, 0.15) is 11.4 Å². The molecule has 0 amide bonds. The molecule has 2 aromatic heterocycles. The van der Waals surface area contributed by atoms with Crippen molar-refractivity contribution >= 4 is 22.4 Å². The summed E-state index contributed by atoms with van der Waals surface area (Å²) in [4.78, 5) is 20.8. The summed E-state index contributed by atoms with van der Waals surface area (Å²) in [6, 6.07) is 5.30. The molecule has 0 atom stereocenters. The van der Waals surface area contributed by atoms with Crippen molar-refractivity contribution in [2.45, 2.75) is 12.8 Å². The summed E-state index contributed by atoms with van der Waals surface area (Å²) in [5.74, 6) is 0.278. The van der Waals surface area contributed by atoms with Gasteiger partial charge in [0, 0.05) is 49.0 Å². The van der Waals surface area contributed by atoms with Gasteiger partial charge in [-0.05, 0) is 48.2 Å². The molecular formula is C21H20N4O2. The van der Waals surface area contributed by atoms with Crippen LogP contribution in [0.2, 0.25) is 0 Å². The third-order valence-corrected chi connectivity index (χ3v) is 5.38. The fourth-order valence-electron chi connectivity index (χ4n) is 4.10. The van der Waals surface area contributed by atoms with Gasteiger partial charge in [-0.25, -0.2) is 0 Å². The Morgan fingerprint density at radius 2 is 2.26 bits per heavy atom. The van der Waals surface area contributed by atoms with Crippen molar-refractivity contribution in [3.63, 3.8) is 0 Å². The van der Waals surface area contributed by atoms with E-state index in [0.29, 0.717) is 12.2 Å². The minimum atomic E-state index is 0.0242. The second-order valence-electron chi connectivity index (χ2n) is 7.11. The zero-order valence-electron chi connectivity index (χ0n) is 15.0. The number of aryl methyl sites for hydroxylation is 1. The number of carbonyl (C=O) groups excluding carboxylic acids is 1. The molecule has 1 aromatic carbocycles. The molecule has 0 spiro atoms. The molecule has 136 valence electrons. The maximum Gasteiger partial charge on any atom is 0.225 e. The number of phenolic OH excluding ortho intramolecular Hbond substituents is 1. The number of carbonyl (C=O) groups is 1. The Morgan fingerprint density at radius 3 is 3.15 bits per heavy atom. The molecule has 3 aromatic rings. The number of fused-ring (bicyclic) bond motifs is 1. The lowest BCUT2D eigenvalue weighted by atomic mass is 9.92. The summed E-state index contributed by atoms with van der Waals surface area (Å²) in [5.41, 5.74) is 6.54. The number of Topliss-reactive ketones (excluding diaryl/α,β-unsaturated/α-hetero) is 1. The van der Waals surface area contributed by atoms with Crippen LogP contribution in [0.15, 0.2) is 47.4 Å². The van der Waals surface area contributed by atoms with Crippen LogP contribution in [0.4, 0.5) is 0 Å². The minimum absolute atomic E-state index is 0.0242. The SMILES string of the molecule is Cn1cc2c3c1C(=O)C(NCCc1c[nH]c4ccc(O)cc14)=CC3=NCC2. The largest absolute Gasteiger partial charge is 0.508 e. The van der Waals surface area contributed by atoms with Crippen LogP contribution in [-0.4, -0.2) is 39.2 Å². The topological polar surface area (TPSA) is 82.4 Å². The molecule has 0 saturated carbocycles. The number of benzene rings is 1. The number of phenols is 1. The van der Waals surface area contributed by atoms with E-state index in [4.69, 9.17) is 0 Å². The van der Waals surface area contributed by atoms with Crippen LogP contribution >= 0.6 is 0 Å². The number of aromatic nitrogens is 2. The first-order valence-electron chi connectivity index (χ1n) is 9.14. The highest BCUT2D eigenvalue weighted by Gasteiger charge is 2.31. The Balaban J connectivity index is 1.37. The van der Waals surface area contributed by atoms with Crippen LogP contribution < -0.4 is 5.32 Å². The monoisotopic (exact) mass is 360 g/mol. The third kappa shape index (κ3) is 2.48. The summed E-state index contributed by atoms with van der Waals surface area (Å²) in [7, 11) is 1.92. The minimum Gasteiger partial charge on any atom is -0.508 e. The van der Waals surface area contributed by atoms with Gasteiger partial charge in [0.05, 0.1) is 11.4 Å². The maximum atomic E-state index is 12.9. The standard InChI is InChI=1S/C21H20N4O2/c1-25-11-13-5-7-22-17-9-18(21(27)20(25)19(13)17)23-6-4-12-10-24-16-3-2-14(26)8-15(12)16/h2-3,8-11,23-24,26H,4-7H2,1H3. The number of nitrogens with one attached hydrogen (secondary N) is 2. The zero-order valence-corrected chi connectivity index (χ0v) is 15.0. The number of aromatic hydroxyl groups is 1. The van der Waals surface area contributed by atoms with Gasteiger partial charge in [0.25, 0.3) is 0 Å². The second-order valence-corrected chi connectivity index (χ2v) is 7.11. The van der Waals surface area contributed by atoms with E-state index in [0.717, 1.165) is 52.8 Å². The average Bonchev–Trinajstić information content (AvgIpc) is 3.20. The first kappa shape index (κ1) is 15.9. The molecule has 2 aliphatic rings. The Labute approximate surface area is 156 Å². The number of ketones is 1. The van der Waals surface area contributed by atoms with Gasteiger partial charge in [-0.1, -0.05) is 0 Å². The number of aromatic amines is 1. The summed E-state index contributed by atoms with van der Waals surface area (Å²) < 4.78 is 1.92. The molecule has 5 rings (SSSR count). The Kier molecular flexibility index (Phi) is 3.47. The first-order chi connectivity index (χ1) is 13.1. The summed E-state index contributed by atoms with van der Waals surface area (Å²) >= 11 is 0. The molecule has 3 heterocycles. The Hall–Kier alpha value is -3.28. The predicted molar refractivity (Wildman–Crippen MR) is 105 cm³/mol. The van der Waals surface area contributed by atoms with Crippen LogP contribution in [0, 0.1) is 0 Å². The lowest BCUT2D eigenvalue weighted by Crippen LogP contribution is -2.30. The van der Waals surface area contributed by atoms with Crippen LogP contribution in [-0.2, 0) is 19.9 Å². The van der Waals surface area contributed by atoms with Gasteiger partial charge in [0.15, 0.2) is 0 Å². The van der Waals surface area contributed by atoms with Crippen molar-refractivity contribution in [1.29, 1.82) is 0 Å². The number of nitrogens with zero attached hydrogens (tertiary/aromatic N) is 2. The van der Waals surface area contributed by atoms with Crippen molar-refractivity contribution in [3.8, 4) is 5.75 Å². The third-order valence-electron chi connectivity index (χ3n) is 5.38. The fourth-order valence-corrected chi connectivity index (χ4v) is 4.10. The summed E-state index contributed by atoms with van der Waals surface area (Å²) in [5, 5.41) is 14.0. The van der Waals surface area contributed by atoms with Crippen molar-refractivity contribution in [2.75, 3.05) is 13.1 Å². The lowest BCUT2D eigenvalue weighted by Gasteiger charge is -2.20. The number of H-pyrrole nitrogens is 1. The normalized spacial score (nSPS) is 15.5. The molecule has 0 radical (unpaired) electrons. The van der Waals surface area contributed by atoms with Gasteiger partial charge >= 0.3 is 0 Å². The van der Waals surface area contributed by atoms with Crippen molar-refractivity contribution in [2.24, 2.45) is 12.0 Å². The molecular weight excluding hydrogens is 340 g/mol. The van der Waals surface area contributed by atoms with Gasteiger partial charge in [-0.15, -0.1) is 0 Å². The van der Waals surface area contributed by atoms with E-state index in [1.807, 2.05) is 36.2 Å². The quantitative estimate of drug-likeness (QED) is 0.668. The Morgan fingerprint density at radius 1 is 1.37 bits per heavy atom. The molecule has 3 N–H and O–H groups in total. The van der Waals surface area contributed by atoms with Gasteiger partial charge in [-0.3, -0.25) is 9.79 Å². The maximum absolute atomic E-state index is 12.9. The van der Waals surface area contributed by atoms with Crippen LogP contribution in [0.25, 0.3) is 10.9 Å². The molecule has 1 aliphatic heterocycles. The molecule has 6 heteroatoms. The van der Waals surface area contributed by atoms with E-state index in [1.165, 1.54) is 5.56 Å². The average molecular weight is 360 g/mol. The smallest absolute Gasteiger partial charge is 0.225 e. The highest BCUT2D eigenvalue weighted by molar-refractivity contribution is 6.26. The summed E-state index contributed by atoms with van der Waals surface area (Å²) in [6.45, 7) is 1.39. The van der Waals surface area contributed by atoms with E-state index in [9.17, 15) is 9.90 Å². The van der Waals surface area contributed by atoms with E-state index in [2.05, 4.69) is 15.3 Å². The Bertz CT molecular complexity index is 1150. The molecule has 0 unspecified atom stereocenters. The van der Waals surface area contributed by atoms with Crippen LogP contribution in [0.3, 0.4) is 0 Å². The van der Waals surface area contributed by atoms with Crippen molar-refractivity contribution in [3.05, 3.63) is 64.8 Å². The second kappa shape index (κ2) is 5.87. The number of hydrogen-bond acceptors (Lipinski definition) is 4. The molecule has 0 fully saturated rings. The number of hydrogen-bond donors (Lipinski definition) is 3. The van der Waals surface area contributed by atoms with Crippen molar-refractivity contribution < 1.29 is 9.90 Å². The molecule has 0 saturated heterocycles. The number of aliphatic imine (C=N–C) groups is 1. The molecule has 1 aliphatic carbocycles. The number of allylic oxidation sites excluding steroid dienone is 2. The van der Waals surface area contributed by atoms with Crippen molar-refractivity contribution in [1.82, 2.24) is 14.9 Å². The molecule has 0 bridgehead atoms. The van der Waals surface area contributed by atoms with E-state index < -0.39 is 0 Å². The molecule has 27 heavy (non-hydrogen) atoms. The zero-order chi connectivity index (χ0) is 18.5. The van der Waals surface area contributed by atoms with E-state index >= 15 is 0 Å². The fraction of sp³-hybridized carbons (Fsp3) is 0.238. The van der Waals surface area contributed by atoms with Gasteiger partial charge < -0.3 is 20.0 Å². The van der Waals surface area contributed by atoms with E-state index in [1.54, 1.807) is 12.1 Å². The van der Waals surface area contributed by atoms with E-state index in [-0.39, 0.29) is 11.5 Å². The predicted octanol–water partition coefficient (Wildman–Crippen LogP) is 2.47. The summed E-state index contributed by atoms with van der Waals surface area (Å²) in [6.07, 6.45) is 7.52. The lowest BCUT2D eigenvalue weighted by molar-refractivity contribution is 0.101. The number of rotatable bonds is 4. The van der Waals surface area contributed by atoms with Gasteiger partial charge in [0.2, 0.25) is 5.78 Å². The van der Waals surface area contributed by atoms with Gasteiger partial charge in [-0.2, -0.15) is 0 Å².